The molecule has 0 aliphatic heterocycles. The van der Waals surface area contributed by atoms with E-state index in [-0.39, 0.29) is 12.0 Å². The van der Waals surface area contributed by atoms with Crippen LogP contribution < -0.4 is 5.32 Å². The number of ether oxygens (including phenoxy) is 2. The Kier molecular flexibility index (Phi) is 8.17. The van der Waals surface area contributed by atoms with Crippen LogP contribution in [0.1, 0.15) is 13.3 Å². The van der Waals surface area contributed by atoms with Crippen LogP contribution in [0.15, 0.2) is 12.7 Å². The summed E-state index contributed by atoms with van der Waals surface area (Å²) in [6, 6.07) is -0.246. The number of rotatable bonds is 8. The summed E-state index contributed by atoms with van der Waals surface area (Å²) in [6.07, 6.45) is 2.41. The Labute approximate surface area is 85.3 Å². The summed E-state index contributed by atoms with van der Waals surface area (Å²) in [5, 5.41) is 2.81. The third-order valence-electron chi connectivity index (χ3n) is 1.70. The van der Waals surface area contributed by atoms with E-state index in [2.05, 4.69) is 11.9 Å². The summed E-state index contributed by atoms with van der Waals surface area (Å²) in [5.41, 5.74) is 0. The second-order valence-corrected chi connectivity index (χ2v) is 2.90. The molecule has 0 aromatic heterocycles. The van der Waals surface area contributed by atoms with Crippen molar-refractivity contribution in [2.75, 3.05) is 26.9 Å². The summed E-state index contributed by atoms with van der Waals surface area (Å²) in [5.74, 6) is -0.226. The van der Waals surface area contributed by atoms with Crippen molar-refractivity contribution in [1.82, 2.24) is 5.32 Å². The Morgan fingerprint density at radius 2 is 2.29 bits per heavy atom. The summed E-state index contributed by atoms with van der Waals surface area (Å²) >= 11 is 0. The fourth-order valence-corrected chi connectivity index (χ4v) is 0.743. The smallest absolute Gasteiger partial charge is 0.322 e. The maximum absolute atomic E-state index is 11.1. The molecule has 0 heterocycles. The Morgan fingerprint density at radius 1 is 1.57 bits per heavy atom. The molecule has 0 aliphatic carbocycles. The minimum absolute atomic E-state index is 0.226. The van der Waals surface area contributed by atoms with E-state index in [0.29, 0.717) is 19.8 Å². The topological polar surface area (TPSA) is 47.6 Å². The van der Waals surface area contributed by atoms with Gasteiger partial charge in [-0.2, -0.15) is 0 Å². The van der Waals surface area contributed by atoms with Crippen molar-refractivity contribution in [2.24, 2.45) is 0 Å². The van der Waals surface area contributed by atoms with Crippen molar-refractivity contribution < 1.29 is 14.3 Å². The lowest BCUT2D eigenvalue weighted by atomic mass is 10.3. The van der Waals surface area contributed by atoms with E-state index in [4.69, 9.17) is 9.47 Å². The first-order chi connectivity index (χ1) is 6.72. The molecule has 1 N–H and O–H groups in total. The zero-order valence-electron chi connectivity index (χ0n) is 8.91. The van der Waals surface area contributed by atoms with Crippen molar-refractivity contribution >= 4 is 5.97 Å². The third-order valence-corrected chi connectivity index (χ3v) is 1.70. The van der Waals surface area contributed by atoms with Gasteiger partial charge in [0.1, 0.15) is 6.04 Å². The number of esters is 1. The van der Waals surface area contributed by atoms with Gasteiger partial charge in [0.05, 0.1) is 19.8 Å². The minimum atomic E-state index is -0.246. The molecule has 82 valence electrons. The predicted octanol–water partition coefficient (Wildman–Crippen LogP) is 0.730. The fourth-order valence-electron chi connectivity index (χ4n) is 0.743. The van der Waals surface area contributed by atoms with Crippen LogP contribution in [-0.2, 0) is 14.3 Å². The molecule has 4 heteroatoms. The first kappa shape index (κ1) is 13.1. The van der Waals surface area contributed by atoms with Gasteiger partial charge in [-0.05, 0) is 14.0 Å². The van der Waals surface area contributed by atoms with Crippen LogP contribution in [-0.4, -0.2) is 38.9 Å². The summed E-state index contributed by atoms with van der Waals surface area (Å²) in [7, 11) is 1.72. The fraction of sp³-hybridized carbons (Fsp3) is 0.700. The van der Waals surface area contributed by atoms with Crippen molar-refractivity contribution in [3.05, 3.63) is 12.7 Å². The van der Waals surface area contributed by atoms with E-state index in [1.165, 1.54) is 0 Å². The van der Waals surface area contributed by atoms with Crippen LogP contribution in [0.25, 0.3) is 0 Å². The average Bonchev–Trinajstić information content (AvgIpc) is 2.21. The molecule has 0 amide bonds. The van der Waals surface area contributed by atoms with Crippen molar-refractivity contribution in [2.45, 2.75) is 19.4 Å². The SMILES string of the molecule is C=CCOCCCOC(=O)C(C)NC. The number of likely N-dealkylation sites (N-methyl/N-ethyl adjacent to an activating group) is 1. The molecule has 0 rings (SSSR count). The van der Waals surface area contributed by atoms with E-state index < -0.39 is 0 Å². The molecule has 0 radical (unpaired) electrons. The van der Waals surface area contributed by atoms with E-state index in [1.807, 2.05) is 0 Å². The number of carbonyl (C=O) groups excluding carboxylic acids is 1. The highest BCUT2D eigenvalue weighted by Gasteiger charge is 2.10. The van der Waals surface area contributed by atoms with Gasteiger partial charge in [-0.15, -0.1) is 6.58 Å². The standard InChI is InChI=1S/C10H19NO3/c1-4-6-13-7-5-8-14-10(12)9(2)11-3/h4,9,11H,1,5-8H2,2-3H3. The maximum atomic E-state index is 11.1. The van der Waals surface area contributed by atoms with Gasteiger partial charge in [-0.1, -0.05) is 6.08 Å². The lowest BCUT2D eigenvalue weighted by Crippen LogP contribution is -2.32. The molecule has 0 aliphatic rings. The van der Waals surface area contributed by atoms with Crippen LogP contribution in [0, 0.1) is 0 Å². The average molecular weight is 201 g/mol. The highest BCUT2D eigenvalue weighted by atomic mass is 16.5. The molecule has 1 atom stereocenters. The third kappa shape index (κ3) is 6.62. The molecule has 1 unspecified atom stereocenters. The molecule has 0 spiro atoms. The lowest BCUT2D eigenvalue weighted by Gasteiger charge is -2.09. The Morgan fingerprint density at radius 3 is 2.86 bits per heavy atom. The van der Waals surface area contributed by atoms with Gasteiger partial charge < -0.3 is 14.8 Å². The molecule has 4 nitrogen and oxygen atoms in total. The largest absolute Gasteiger partial charge is 0.464 e. The molecule has 0 aromatic carbocycles. The Balaban J connectivity index is 3.27. The second kappa shape index (κ2) is 8.72. The van der Waals surface area contributed by atoms with Crippen LogP contribution in [0.5, 0.6) is 0 Å². The number of nitrogens with one attached hydrogen (secondary N) is 1. The van der Waals surface area contributed by atoms with Gasteiger partial charge >= 0.3 is 5.97 Å². The highest BCUT2D eigenvalue weighted by Crippen LogP contribution is 1.90. The monoisotopic (exact) mass is 201 g/mol. The minimum Gasteiger partial charge on any atom is -0.464 e. The van der Waals surface area contributed by atoms with Crippen molar-refractivity contribution in [3.8, 4) is 0 Å². The number of hydrogen-bond acceptors (Lipinski definition) is 4. The van der Waals surface area contributed by atoms with Gasteiger partial charge in [0.2, 0.25) is 0 Å². The quantitative estimate of drug-likeness (QED) is 0.357. The molecule has 14 heavy (non-hydrogen) atoms. The normalized spacial score (nSPS) is 12.1. The summed E-state index contributed by atoms with van der Waals surface area (Å²) < 4.78 is 10.1. The lowest BCUT2D eigenvalue weighted by molar-refractivity contribution is -0.145. The number of carbonyl (C=O) groups is 1. The molecule has 0 fully saturated rings. The second-order valence-electron chi connectivity index (χ2n) is 2.90. The molecule has 0 bridgehead atoms. The first-order valence-electron chi connectivity index (χ1n) is 4.75. The number of hydrogen-bond donors (Lipinski definition) is 1. The van der Waals surface area contributed by atoms with Crippen molar-refractivity contribution in [1.29, 1.82) is 0 Å². The molecule has 0 saturated heterocycles. The van der Waals surface area contributed by atoms with Gasteiger partial charge in [-0.3, -0.25) is 4.79 Å². The highest BCUT2D eigenvalue weighted by molar-refractivity contribution is 5.75. The maximum Gasteiger partial charge on any atom is 0.322 e. The van der Waals surface area contributed by atoms with E-state index in [0.717, 1.165) is 6.42 Å². The van der Waals surface area contributed by atoms with Crippen LogP contribution in [0.3, 0.4) is 0 Å². The van der Waals surface area contributed by atoms with Gasteiger partial charge in [0.15, 0.2) is 0 Å². The van der Waals surface area contributed by atoms with Gasteiger partial charge in [-0.25, -0.2) is 0 Å². The van der Waals surface area contributed by atoms with Gasteiger partial charge in [0.25, 0.3) is 0 Å². The summed E-state index contributed by atoms with van der Waals surface area (Å²) in [4.78, 5) is 11.1. The zero-order chi connectivity index (χ0) is 10.8. The summed E-state index contributed by atoms with van der Waals surface area (Å²) in [6.45, 7) is 6.82. The van der Waals surface area contributed by atoms with Gasteiger partial charge in [0, 0.05) is 6.42 Å². The molecule has 0 aromatic rings. The van der Waals surface area contributed by atoms with Crippen LogP contribution >= 0.6 is 0 Å². The molecular formula is C10H19NO3. The van der Waals surface area contributed by atoms with Crippen LogP contribution in [0.4, 0.5) is 0 Å². The Bertz CT molecular complexity index is 171. The zero-order valence-corrected chi connectivity index (χ0v) is 8.91. The van der Waals surface area contributed by atoms with E-state index >= 15 is 0 Å². The first-order valence-corrected chi connectivity index (χ1v) is 4.75. The Hall–Kier alpha value is -0.870. The van der Waals surface area contributed by atoms with Crippen molar-refractivity contribution in [3.63, 3.8) is 0 Å². The van der Waals surface area contributed by atoms with Crippen LogP contribution in [0.2, 0.25) is 0 Å². The predicted molar refractivity (Wildman–Crippen MR) is 55.1 cm³/mol. The van der Waals surface area contributed by atoms with E-state index in [9.17, 15) is 4.79 Å². The molecular weight excluding hydrogens is 182 g/mol. The van der Waals surface area contributed by atoms with E-state index in [1.54, 1.807) is 20.0 Å². The molecule has 0 saturated carbocycles.